The molecule has 0 atom stereocenters. The van der Waals surface area contributed by atoms with Crippen LogP contribution in [0, 0.1) is 0 Å². The molecule has 16 heavy (non-hydrogen) atoms. The summed E-state index contributed by atoms with van der Waals surface area (Å²) in [5, 5.41) is 9.83. The minimum atomic E-state index is -0.789. The second kappa shape index (κ2) is 4.06. The van der Waals surface area contributed by atoms with Crippen LogP contribution in [0.3, 0.4) is 0 Å². The van der Waals surface area contributed by atoms with Gasteiger partial charge >= 0.3 is 0 Å². The molecule has 0 amide bonds. The van der Waals surface area contributed by atoms with Gasteiger partial charge in [0.2, 0.25) is 0 Å². The molecular formula is C14H15NO. The van der Waals surface area contributed by atoms with Gasteiger partial charge in [0.25, 0.3) is 0 Å². The van der Waals surface area contributed by atoms with E-state index < -0.39 is 5.60 Å². The second-order valence-corrected chi connectivity index (χ2v) is 4.35. The predicted molar refractivity (Wildman–Crippen MR) is 64.9 cm³/mol. The van der Waals surface area contributed by atoms with E-state index in [0.29, 0.717) is 0 Å². The average Bonchev–Trinajstić information content (AvgIpc) is 2.29. The molecule has 2 rings (SSSR count). The first-order valence-electron chi connectivity index (χ1n) is 5.32. The van der Waals surface area contributed by atoms with E-state index in [1.54, 1.807) is 20.0 Å². The third-order valence-electron chi connectivity index (χ3n) is 2.55. The molecule has 1 N–H and O–H groups in total. The summed E-state index contributed by atoms with van der Waals surface area (Å²) in [5.41, 5.74) is 2.13. The maximum atomic E-state index is 9.83. The van der Waals surface area contributed by atoms with Crippen LogP contribution in [0.1, 0.15) is 19.4 Å². The van der Waals surface area contributed by atoms with Gasteiger partial charge < -0.3 is 5.11 Å². The van der Waals surface area contributed by atoms with Crippen molar-refractivity contribution in [2.45, 2.75) is 19.4 Å². The second-order valence-electron chi connectivity index (χ2n) is 4.35. The van der Waals surface area contributed by atoms with E-state index in [4.69, 9.17) is 0 Å². The number of hydrogen-bond donors (Lipinski definition) is 1. The van der Waals surface area contributed by atoms with Crippen molar-refractivity contribution in [3.63, 3.8) is 0 Å². The van der Waals surface area contributed by atoms with Crippen LogP contribution in [0.25, 0.3) is 11.3 Å². The maximum Gasteiger partial charge on any atom is 0.0840 e. The number of nitrogens with zero attached hydrogens (tertiary/aromatic N) is 1. The summed E-state index contributed by atoms with van der Waals surface area (Å²) in [6.45, 7) is 3.56. The van der Waals surface area contributed by atoms with E-state index in [1.165, 1.54) is 0 Å². The van der Waals surface area contributed by atoms with Gasteiger partial charge in [0.15, 0.2) is 0 Å². The molecule has 1 heterocycles. The Bertz CT molecular complexity index is 454. The summed E-state index contributed by atoms with van der Waals surface area (Å²) in [6, 6.07) is 13.7. The molecule has 0 unspecified atom stereocenters. The zero-order valence-corrected chi connectivity index (χ0v) is 9.51. The maximum absolute atomic E-state index is 9.83. The predicted octanol–water partition coefficient (Wildman–Crippen LogP) is 2.98. The van der Waals surface area contributed by atoms with Crippen molar-refractivity contribution in [3.05, 3.63) is 54.2 Å². The van der Waals surface area contributed by atoms with Crippen LogP contribution in [-0.2, 0) is 5.60 Å². The van der Waals surface area contributed by atoms with Gasteiger partial charge in [-0.2, -0.15) is 0 Å². The molecule has 0 aliphatic heterocycles. The van der Waals surface area contributed by atoms with E-state index in [0.717, 1.165) is 16.8 Å². The van der Waals surface area contributed by atoms with E-state index in [2.05, 4.69) is 4.98 Å². The lowest BCUT2D eigenvalue weighted by atomic mass is 9.97. The third-order valence-corrected chi connectivity index (χ3v) is 2.55. The van der Waals surface area contributed by atoms with E-state index in [1.807, 2.05) is 42.5 Å². The van der Waals surface area contributed by atoms with Crippen molar-refractivity contribution in [3.8, 4) is 11.3 Å². The molecule has 1 aromatic carbocycles. The molecule has 0 bridgehead atoms. The first kappa shape index (κ1) is 10.8. The third kappa shape index (κ3) is 2.28. The number of pyridine rings is 1. The van der Waals surface area contributed by atoms with E-state index in [9.17, 15) is 5.11 Å². The summed E-state index contributed by atoms with van der Waals surface area (Å²) in [6.07, 6.45) is 1.78. The molecule has 0 spiro atoms. The van der Waals surface area contributed by atoms with Crippen molar-refractivity contribution in [1.29, 1.82) is 0 Å². The Labute approximate surface area is 95.6 Å². The van der Waals surface area contributed by atoms with Crippen LogP contribution < -0.4 is 0 Å². The highest BCUT2D eigenvalue weighted by atomic mass is 16.3. The average molecular weight is 213 g/mol. The van der Waals surface area contributed by atoms with Crippen molar-refractivity contribution in [2.75, 3.05) is 0 Å². The lowest BCUT2D eigenvalue weighted by Crippen LogP contribution is -2.14. The van der Waals surface area contributed by atoms with Crippen LogP contribution in [0.15, 0.2) is 48.7 Å². The molecule has 0 aliphatic rings. The lowest BCUT2D eigenvalue weighted by molar-refractivity contribution is 0.0786. The van der Waals surface area contributed by atoms with Gasteiger partial charge in [-0.1, -0.05) is 30.3 Å². The number of aromatic nitrogens is 1. The Morgan fingerprint density at radius 1 is 1.00 bits per heavy atom. The van der Waals surface area contributed by atoms with Crippen LogP contribution in [-0.4, -0.2) is 10.1 Å². The molecule has 0 saturated heterocycles. The Kier molecular flexibility index (Phi) is 2.75. The molecule has 0 aliphatic carbocycles. The Hall–Kier alpha value is -1.67. The summed E-state index contributed by atoms with van der Waals surface area (Å²) in [4.78, 5) is 4.28. The molecule has 2 aromatic rings. The molecule has 0 saturated carbocycles. The largest absolute Gasteiger partial charge is 0.386 e. The molecular weight excluding hydrogens is 198 g/mol. The first-order chi connectivity index (χ1) is 7.57. The summed E-state index contributed by atoms with van der Waals surface area (Å²) >= 11 is 0. The Morgan fingerprint density at radius 2 is 1.69 bits per heavy atom. The molecule has 2 nitrogen and oxygen atoms in total. The highest BCUT2D eigenvalue weighted by Crippen LogP contribution is 2.23. The Morgan fingerprint density at radius 3 is 2.19 bits per heavy atom. The van der Waals surface area contributed by atoms with Gasteiger partial charge in [-0.25, -0.2) is 0 Å². The van der Waals surface area contributed by atoms with Gasteiger partial charge in [-0.3, -0.25) is 4.98 Å². The molecule has 0 radical (unpaired) electrons. The highest BCUT2D eigenvalue weighted by Gasteiger charge is 2.15. The lowest BCUT2D eigenvalue weighted by Gasteiger charge is -2.17. The Balaban J connectivity index is 2.34. The van der Waals surface area contributed by atoms with Crippen LogP contribution in [0.4, 0.5) is 0 Å². The number of aliphatic hydroxyl groups is 1. The quantitative estimate of drug-likeness (QED) is 0.832. The van der Waals surface area contributed by atoms with Gasteiger partial charge in [-0.15, -0.1) is 0 Å². The zero-order chi connectivity index (χ0) is 11.6. The fourth-order valence-corrected chi connectivity index (χ4v) is 1.58. The van der Waals surface area contributed by atoms with Crippen LogP contribution in [0.5, 0.6) is 0 Å². The minimum Gasteiger partial charge on any atom is -0.386 e. The molecule has 0 fully saturated rings. The van der Waals surface area contributed by atoms with E-state index >= 15 is 0 Å². The summed E-state index contributed by atoms with van der Waals surface area (Å²) < 4.78 is 0. The van der Waals surface area contributed by atoms with Crippen LogP contribution in [0.2, 0.25) is 0 Å². The van der Waals surface area contributed by atoms with Crippen molar-refractivity contribution < 1.29 is 5.11 Å². The molecule has 1 aromatic heterocycles. The monoisotopic (exact) mass is 213 g/mol. The van der Waals surface area contributed by atoms with Crippen molar-refractivity contribution in [1.82, 2.24) is 4.98 Å². The molecule has 82 valence electrons. The van der Waals surface area contributed by atoms with E-state index in [-0.39, 0.29) is 0 Å². The number of rotatable bonds is 2. The fourth-order valence-electron chi connectivity index (χ4n) is 1.58. The number of hydrogen-bond acceptors (Lipinski definition) is 2. The summed E-state index contributed by atoms with van der Waals surface area (Å²) in [5.74, 6) is 0. The van der Waals surface area contributed by atoms with Crippen LogP contribution >= 0.6 is 0 Å². The van der Waals surface area contributed by atoms with Gasteiger partial charge in [0.1, 0.15) is 0 Å². The standard InChI is InChI=1S/C14H15NO/c1-14(2,16)12-8-6-11(7-9-12)13-5-3-4-10-15-13/h3-10,16H,1-2H3. The SMILES string of the molecule is CC(C)(O)c1ccc(-c2ccccn2)cc1. The summed E-state index contributed by atoms with van der Waals surface area (Å²) in [7, 11) is 0. The van der Waals surface area contributed by atoms with Crippen molar-refractivity contribution >= 4 is 0 Å². The minimum absolute atomic E-state index is 0.789. The number of benzene rings is 1. The van der Waals surface area contributed by atoms with Gasteiger partial charge in [0.05, 0.1) is 11.3 Å². The highest BCUT2D eigenvalue weighted by molar-refractivity contribution is 5.59. The van der Waals surface area contributed by atoms with Gasteiger partial charge in [-0.05, 0) is 31.5 Å². The topological polar surface area (TPSA) is 33.1 Å². The molecule has 2 heteroatoms. The smallest absolute Gasteiger partial charge is 0.0840 e. The first-order valence-corrected chi connectivity index (χ1v) is 5.32. The zero-order valence-electron chi connectivity index (χ0n) is 9.51. The van der Waals surface area contributed by atoms with Gasteiger partial charge in [0, 0.05) is 11.8 Å². The van der Waals surface area contributed by atoms with Crippen molar-refractivity contribution in [2.24, 2.45) is 0 Å². The normalized spacial score (nSPS) is 11.4. The fraction of sp³-hybridized carbons (Fsp3) is 0.214.